The first-order chi connectivity index (χ1) is 9.43. The zero-order chi connectivity index (χ0) is 14.9. The van der Waals surface area contributed by atoms with Crippen molar-refractivity contribution in [2.75, 3.05) is 12.8 Å². The zero-order valence-electron chi connectivity index (χ0n) is 10.8. The summed E-state index contributed by atoms with van der Waals surface area (Å²) in [5.74, 6) is -0.872. The summed E-state index contributed by atoms with van der Waals surface area (Å²) >= 11 is 5.95. The maximum Gasteiger partial charge on any atom is 0.343 e. The van der Waals surface area contributed by atoms with Crippen LogP contribution in [-0.2, 0) is 4.74 Å². The van der Waals surface area contributed by atoms with E-state index in [9.17, 15) is 9.18 Å². The third-order valence-corrected chi connectivity index (χ3v) is 2.99. The number of hydrogen-bond acceptors (Lipinski definition) is 5. The number of esters is 1. The lowest BCUT2D eigenvalue weighted by Crippen LogP contribution is -2.12. The van der Waals surface area contributed by atoms with E-state index in [2.05, 4.69) is 14.7 Å². The molecule has 2 rings (SSSR count). The fourth-order valence-corrected chi connectivity index (χ4v) is 1.99. The molecule has 0 amide bonds. The van der Waals surface area contributed by atoms with Gasteiger partial charge in [-0.05, 0) is 25.1 Å². The van der Waals surface area contributed by atoms with Gasteiger partial charge in [0.1, 0.15) is 17.2 Å². The molecular weight excluding hydrogens is 285 g/mol. The molecule has 1 heterocycles. The number of halogens is 2. The van der Waals surface area contributed by atoms with Crippen molar-refractivity contribution in [2.45, 2.75) is 6.92 Å². The molecule has 0 spiro atoms. The number of aromatic nitrogens is 2. The van der Waals surface area contributed by atoms with Crippen LogP contribution in [0, 0.1) is 12.7 Å². The normalized spacial score (nSPS) is 10.4. The Balaban J connectivity index is 2.58. The number of methoxy groups -OCH3 is 1. The highest BCUT2D eigenvalue weighted by Crippen LogP contribution is 2.28. The molecule has 1 aromatic carbocycles. The van der Waals surface area contributed by atoms with Crippen molar-refractivity contribution in [3.05, 3.63) is 40.3 Å². The van der Waals surface area contributed by atoms with Crippen LogP contribution in [0.2, 0.25) is 5.02 Å². The molecule has 0 unspecified atom stereocenters. The Kier molecular flexibility index (Phi) is 3.85. The third-order valence-electron chi connectivity index (χ3n) is 2.68. The summed E-state index contributed by atoms with van der Waals surface area (Å²) in [6.07, 6.45) is 0. The summed E-state index contributed by atoms with van der Waals surface area (Å²) in [6.45, 7) is 1.60. The van der Waals surface area contributed by atoms with Crippen LogP contribution in [0.15, 0.2) is 18.2 Å². The summed E-state index contributed by atoms with van der Waals surface area (Å²) in [5, 5.41) is 0.162. The van der Waals surface area contributed by atoms with Gasteiger partial charge in [0, 0.05) is 5.56 Å². The van der Waals surface area contributed by atoms with Gasteiger partial charge in [0.2, 0.25) is 0 Å². The van der Waals surface area contributed by atoms with Crippen molar-refractivity contribution in [1.82, 2.24) is 9.97 Å². The number of nitrogens with zero attached hydrogens (tertiary/aromatic N) is 2. The van der Waals surface area contributed by atoms with E-state index >= 15 is 0 Å². The molecule has 2 N–H and O–H groups in total. The van der Waals surface area contributed by atoms with Crippen molar-refractivity contribution in [2.24, 2.45) is 0 Å². The molecule has 0 aliphatic rings. The van der Waals surface area contributed by atoms with Gasteiger partial charge in [0.25, 0.3) is 0 Å². The lowest BCUT2D eigenvalue weighted by Gasteiger charge is -2.09. The fourth-order valence-electron chi connectivity index (χ4n) is 1.74. The second-order valence-electron chi connectivity index (χ2n) is 4.01. The second kappa shape index (κ2) is 5.42. The number of carbonyl (C=O) groups is 1. The average Bonchev–Trinajstić information content (AvgIpc) is 2.37. The molecule has 0 aliphatic carbocycles. The van der Waals surface area contributed by atoms with Crippen LogP contribution < -0.4 is 5.73 Å². The van der Waals surface area contributed by atoms with E-state index in [1.807, 2.05) is 0 Å². The quantitative estimate of drug-likeness (QED) is 0.862. The SMILES string of the molecule is COC(=O)c1c(C)nc(-c2ccc(F)cc2Cl)nc1N. The van der Waals surface area contributed by atoms with E-state index in [0.29, 0.717) is 11.3 Å². The highest BCUT2D eigenvalue weighted by molar-refractivity contribution is 6.33. The van der Waals surface area contributed by atoms with Gasteiger partial charge in [-0.1, -0.05) is 11.6 Å². The molecule has 0 fully saturated rings. The molecular formula is C13H11ClFN3O2. The van der Waals surface area contributed by atoms with Gasteiger partial charge in [-0.15, -0.1) is 0 Å². The maximum atomic E-state index is 13.0. The summed E-state index contributed by atoms with van der Waals surface area (Å²) in [5.41, 5.74) is 6.64. The minimum atomic E-state index is -0.614. The van der Waals surface area contributed by atoms with Crippen molar-refractivity contribution in [3.63, 3.8) is 0 Å². The number of aryl methyl sites for hydroxylation is 1. The fraction of sp³-hybridized carbons (Fsp3) is 0.154. The number of carbonyl (C=O) groups excluding carboxylic acids is 1. The number of benzene rings is 1. The third kappa shape index (κ3) is 2.55. The smallest absolute Gasteiger partial charge is 0.343 e. The number of hydrogen-bond donors (Lipinski definition) is 1. The minimum Gasteiger partial charge on any atom is -0.465 e. The summed E-state index contributed by atoms with van der Waals surface area (Å²) < 4.78 is 17.6. The number of nitrogens with two attached hydrogens (primary N) is 1. The topological polar surface area (TPSA) is 78.1 Å². The zero-order valence-corrected chi connectivity index (χ0v) is 11.5. The van der Waals surface area contributed by atoms with Crippen LogP contribution in [0.5, 0.6) is 0 Å². The standard InChI is InChI=1S/C13H11ClFN3O2/c1-6-10(13(19)20-2)11(16)18-12(17-6)8-4-3-7(15)5-9(8)14/h3-5H,1-2H3,(H2,16,17,18). The molecule has 0 saturated carbocycles. The van der Waals surface area contributed by atoms with Crippen LogP contribution in [0.3, 0.4) is 0 Å². The molecule has 20 heavy (non-hydrogen) atoms. The molecule has 0 aliphatic heterocycles. The molecule has 5 nitrogen and oxygen atoms in total. The lowest BCUT2D eigenvalue weighted by molar-refractivity contribution is 0.0600. The minimum absolute atomic E-state index is 0.0141. The van der Waals surface area contributed by atoms with E-state index < -0.39 is 11.8 Å². The van der Waals surface area contributed by atoms with Gasteiger partial charge >= 0.3 is 5.97 Å². The average molecular weight is 296 g/mol. The van der Waals surface area contributed by atoms with Crippen LogP contribution >= 0.6 is 11.6 Å². The first-order valence-electron chi connectivity index (χ1n) is 5.62. The van der Waals surface area contributed by atoms with Gasteiger partial charge in [-0.25, -0.2) is 19.2 Å². The molecule has 2 aromatic rings. The predicted molar refractivity (Wildman–Crippen MR) is 72.9 cm³/mol. The van der Waals surface area contributed by atoms with Crippen molar-refractivity contribution in [1.29, 1.82) is 0 Å². The molecule has 1 aromatic heterocycles. The Morgan fingerprint density at radius 1 is 1.40 bits per heavy atom. The van der Waals surface area contributed by atoms with E-state index in [0.717, 1.165) is 6.07 Å². The molecule has 0 saturated heterocycles. The molecule has 7 heteroatoms. The Labute approximate surface area is 119 Å². The molecule has 104 valence electrons. The van der Waals surface area contributed by atoms with Gasteiger partial charge < -0.3 is 10.5 Å². The summed E-state index contributed by atoms with van der Waals surface area (Å²) in [6, 6.07) is 3.84. The van der Waals surface area contributed by atoms with Gasteiger partial charge in [-0.2, -0.15) is 0 Å². The Morgan fingerprint density at radius 2 is 2.10 bits per heavy atom. The van der Waals surface area contributed by atoms with E-state index in [1.54, 1.807) is 6.92 Å². The highest BCUT2D eigenvalue weighted by atomic mass is 35.5. The Hall–Kier alpha value is -2.21. The maximum absolute atomic E-state index is 13.0. The number of ether oxygens (including phenoxy) is 1. The van der Waals surface area contributed by atoms with E-state index in [4.69, 9.17) is 17.3 Å². The first-order valence-corrected chi connectivity index (χ1v) is 5.99. The van der Waals surface area contributed by atoms with Crippen molar-refractivity contribution >= 4 is 23.4 Å². The first kappa shape index (κ1) is 14.2. The summed E-state index contributed by atoms with van der Waals surface area (Å²) in [7, 11) is 1.24. The predicted octanol–water partition coefficient (Wildman–Crippen LogP) is 2.61. The largest absolute Gasteiger partial charge is 0.465 e. The van der Waals surface area contributed by atoms with Crippen molar-refractivity contribution in [3.8, 4) is 11.4 Å². The van der Waals surface area contributed by atoms with Gasteiger partial charge in [0.15, 0.2) is 5.82 Å². The Morgan fingerprint density at radius 3 is 2.65 bits per heavy atom. The monoisotopic (exact) mass is 295 g/mol. The Bertz CT molecular complexity index is 668. The van der Waals surface area contributed by atoms with Crippen LogP contribution in [0.1, 0.15) is 16.1 Å². The number of rotatable bonds is 2. The van der Waals surface area contributed by atoms with Crippen LogP contribution in [-0.4, -0.2) is 23.0 Å². The van der Waals surface area contributed by atoms with E-state index in [-0.39, 0.29) is 22.2 Å². The lowest BCUT2D eigenvalue weighted by atomic mass is 10.1. The number of nitrogen functional groups attached to an aromatic ring is 1. The highest BCUT2D eigenvalue weighted by Gasteiger charge is 2.19. The second-order valence-corrected chi connectivity index (χ2v) is 4.42. The number of anilines is 1. The molecule has 0 atom stereocenters. The van der Waals surface area contributed by atoms with Crippen LogP contribution in [0.4, 0.5) is 10.2 Å². The summed E-state index contributed by atoms with van der Waals surface area (Å²) in [4.78, 5) is 19.7. The van der Waals surface area contributed by atoms with Crippen molar-refractivity contribution < 1.29 is 13.9 Å². The van der Waals surface area contributed by atoms with Gasteiger partial charge in [-0.3, -0.25) is 0 Å². The molecule has 0 radical (unpaired) electrons. The van der Waals surface area contributed by atoms with Crippen LogP contribution in [0.25, 0.3) is 11.4 Å². The van der Waals surface area contributed by atoms with Gasteiger partial charge in [0.05, 0.1) is 17.8 Å². The molecule has 0 bridgehead atoms. The van der Waals surface area contributed by atoms with E-state index in [1.165, 1.54) is 19.2 Å².